The van der Waals surface area contributed by atoms with Gasteiger partial charge in [-0.15, -0.1) is 0 Å². The van der Waals surface area contributed by atoms with E-state index in [9.17, 15) is 5.11 Å². The molecule has 3 heteroatoms. The van der Waals surface area contributed by atoms with Gasteiger partial charge in [-0.25, -0.2) is 0 Å². The van der Waals surface area contributed by atoms with E-state index in [1.807, 2.05) is 43.3 Å². The average Bonchev–Trinajstić information content (AvgIpc) is 2.41. The second kappa shape index (κ2) is 4.94. The first-order valence-electron chi connectivity index (χ1n) is 6.06. The second-order valence-electron chi connectivity index (χ2n) is 4.35. The fraction of sp³-hybridized carbons (Fsp3) is 0.0625. The minimum atomic E-state index is 0.311. The molecule has 1 N–H and O–H groups in total. The smallest absolute Gasteiger partial charge is 0.129 e. The number of phenolic OH excluding ortho intramolecular Hbond substituents is 1. The van der Waals surface area contributed by atoms with Crippen LogP contribution in [0.1, 0.15) is 5.69 Å². The summed E-state index contributed by atoms with van der Waals surface area (Å²) in [6, 6.07) is 17.5. The Balaban J connectivity index is 2.13. The van der Waals surface area contributed by atoms with Gasteiger partial charge in [-0.05, 0) is 31.2 Å². The van der Waals surface area contributed by atoms with Gasteiger partial charge in [0.25, 0.3) is 0 Å². The molecule has 19 heavy (non-hydrogen) atoms. The molecule has 2 aromatic carbocycles. The second-order valence-corrected chi connectivity index (χ2v) is 5.43. The van der Waals surface area contributed by atoms with Crippen molar-refractivity contribution in [1.82, 2.24) is 4.98 Å². The molecule has 1 heterocycles. The maximum atomic E-state index is 9.88. The molecule has 0 aliphatic carbocycles. The summed E-state index contributed by atoms with van der Waals surface area (Å²) < 4.78 is 0. The molecule has 0 radical (unpaired) electrons. The van der Waals surface area contributed by atoms with Gasteiger partial charge in [0, 0.05) is 16.0 Å². The van der Waals surface area contributed by atoms with Crippen LogP contribution in [0.5, 0.6) is 5.75 Å². The zero-order valence-electron chi connectivity index (χ0n) is 10.5. The van der Waals surface area contributed by atoms with Crippen LogP contribution in [0.15, 0.2) is 64.4 Å². The fourth-order valence-corrected chi connectivity index (χ4v) is 3.08. The summed E-state index contributed by atoms with van der Waals surface area (Å²) in [6.07, 6.45) is 0. The quantitative estimate of drug-likeness (QED) is 0.747. The number of rotatable bonds is 2. The summed E-state index contributed by atoms with van der Waals surface area (Å²) in [4.78, 5) is 6.50. The van der Waals surface area contributed by atoms with Crippen molar-refractivity contribution in [3.63, 3.8) is 0 Å². The molecule has 0 saturated heterocycles. The first-order chi connectivity index (χ1) is 9.24. The molecule has 94 valence electrons. The predicted molar refractivity (Wildman–Crippen MR) is 78.7 cm³/mol. The molecule has 3 rings (SSSR count). The number of hydrogen-bond donors (Lipinski definition) is 1. The van der Waals surface area contributed by atoms with Crippen LogP contribution in [0.2, 0.25) is 0 Å². The van der Waals surface area contributed by atoms with Gasteiger partial charge in [0.2, 0.25) is 0 Å². The minimum Gasteiger partial charge on any atom is -0.507 e. The number of phenols is 1. The van der Waals surface area contributed by atoms with E-state index in [1.54, 1.807) is 17.8 Å². The highest BCUT2D eigenvalue weighted by molar-refractivity contribution is 7.99. The third kappa shape index (κ3) is 2.42. The van der Waals surface area contributed by atoms with Crippen LogP contribution < -0.4 is 0 Å². The Morgan fingerprint density at radius 1 is 0.947 bits per heavy atom. The van der Waals surface area contributed by atoms with Crippen LogP contribution in [0.25, 0.3) is 10.9 Å². The zero-order chi connectivity index (χ0) is 13.2. The van der Waals surface area contributed by atoms with E-state index in [0.29, 0.717) is 5.75 Å². The monoisotopic (exact) mass is 267 g/mol. The lowest BCUT2D eigenvalue weighted by atomic mass is 10.2. The third-order valence-corrected chi connectivity index (χ3v) is 4.01. The highest BCUT2D eigenvalue weighted by Crippen LogP contribution is 2.37. The highest BCUT2D eigenvalue weighted by Gasteiger charge is 2.07. The first kappa shape index (κ1) is 12.1. The summed E-state index contributed by atoms with van der Waals surface area (Å²) in [5, 5.41) is 11.0. The number of benzene rings is 2. The van der Waals surface area contributed by atoms with Gasteiger partial charge in [-0.3, -0.25) is 4.98 Å². The Morgan fingerprint density at radius 3 is 2.53 bits per heavy atom. The van der Waals surface area contributed by atoms with E-state index >= 15 is 0 Å². The van der Waals surface area contributed by atoms with Gasteiger partial charge in [-0.1, -0.05) is 42.1 Å². The van der Waals surface area contributed by atoms with Gasteiger partial charge in [0.05, 0.1) is 10.4 Å². The highest BCUT2D eigenvalue weighted by atomic mass is 32.2. The van der Waals surface area contributed by atoms with E-state index in [0.717, 1.165) is 26.4 Å². The Bertz CT molecular complexity index is 740. The van der Waals surface area contributed by atoms with E-state index in [1.165, 1.54) is 0 Å². The van der Waals surface area contributed by atoms with Gasteiger partial charge in [-0.2, -0.15) is 0 Å². The van der Waals surface area contributed by atoms with Crippen molar-refractivity contribution in [3.8, 4) is 5.75 Å². The lowest BCUT2D eigenvalue weighted by Crippen LogP contribution is -1.86. The van der Waals surface area contributed by atoms with Crippen LogP contribution in [0.3, 0.4) is 0 Å². The Morgan fingerprint density at radius 2 is 1.68 bits per heavy atom. The molecule has 0 bridgehead atoms. The Labute approximate surface area is 116 Å². The molecule has 0 atom stereocenters. The summed E-state index contributed by atoms with van der Waals surface area (Å²) in [6.45, 7) is 1.99. The number of para-hydroxylation sites is 2. The van der Waals surface area contributed by atoms with Crippen molar-refractivity contribution < 1.29 is 5.11 Å². The largest absolute Gasteiger partial charge is 0.507 e. The van der Waals surface area contributed by atoms with Crippen LogP contribution >= 0.6 is 11.8 Å². The summed E-state index contributed by atoms with van der Waals surface area (Å²) in [7, 11) is 0. The topological polar surface area (TPSA) is 33.1 Å². The van der Waals surface area contributed by atoms with E-state index in [4.69, 9.17) is 0 Å². The number of hydrogen-bond acceptors (Lipinski definition) is 3. The van der Waals surface area contributed by atoms with Crippen molar-refractivity contribution in [2.75, 3.05) is 0 Å². The molecule has 0 fully saturated rings. The lowest BCUT2D eigenvalue weighted by Gasteiger charge is -2.08. The van der Waals surface area contributed by atoms with E-state index in [-0.39, 0.29) is 0 Å². The SMILES string of the molecule is Cc1cc(Sc2ccccc2O)c2ccccc2n1. The third-order valence-electron chi connectivity index (χ3n) is 2.89. The van der Waals surface area contributed by atoms with Gasteiger partial charge < -0.3 is 5.11 Å². The first-order valence-corrected chi connectivity index (χ1v) is 6.88. The molecule has 3 aromatic rings. The number of fused-ring (bicyclic) bond motifs is 1. The minimum absolute atomic E-state index is 0.311. The number of nitrogens with zero attached hydrogens (tertiary/aromatic N) is 1. The number of aryl methyl sites for hydroxylation is 1. The van der Waals surface area contributed by atoms with Crippen molar-refractivity contribution in [2.45, 2.75) is 16.7 Å². The summed E-state index contributed by atoms with van der Waals surface area (Å²) in [5.41, 5.74) is 1.97. The number of aromatic nitrogens is 1. The van der Waals surface area contributed by atoms with Gasteiger partial charge in [0.1, 0.15) is 5.75 Å². The zero-order valence-corrected chi connectivity index (χ0v) is 11.3. The molecule has 0 aliphatic rings. The molecule has 0 aliphatic heterocycles. The molecular weight excluding hydrogens is 254 g/mol. The molecule has 0 spiro atoms. The molecule has 0 saturated carbocycles. The molecule has 0 amide bonds. The summed E-state index contributed by atoms with van der Waals surface area (Å²) >= 11 is 1.57. The lowest BCUT2D eigenvalue weighted by molar-refractivity contribution is 0.462. The Hall–Kier alpha value is -2.00. The van der Waals surface area contributed by atoms with Crippen molar-refractivity contribution in [2.24, 2.45) is 0 Å². The van der Waals surface area contributed by atoms with Gasteiger partial charge >= 0.3 is 0 Å². The maximum absolute atomic E-state index is 9.88. The van der Waals surface area contributed by atoms with Crippen molar-refractivity contribution in [3.05, 3.63) is 60.3 Å². The molecule has 2 nitrogen and oxygen atoms in total. The Kier molecular flexibility index (Phi) is 3.13. The molecular formula is C16H13NOS. The normalized spacial score (nSPS) is 10.8. The van der Waals surface area contributed by atoms with Crippen LogP contribution in [0, 0.1) is 6.92 Å². The fourth-order valence-electron chi connectivity index (χ4n) is 2.02. The van der Waals surface area contributed by atoms with Crippen molar-refractivity contribution >= 4 is 22.7 Å². The average molecular weight is 267 g/mol. The maximum Gasteiger partial charge on any atom is 0.129 e. The number of pyridine rings is 1. The predicted octanol–water partition coefficient (Wildman–Crippen LogP) is 4.40. The molecule has 0 unspecified atom stereocenters. The summed E-state index contributed by atoms with van der Waals surface area (Å²) in [5.74, 6) is 0.311. The number of aromatic hydroxyl groups is 1. The van der Waals surface area contributed by atoms with E-state index < -0.39 is 0 Å². The molecule has 1 aromatic heterocycles. The standard InChI is InChI=1S/C16H13NOS/c1-11-10-16(12-6-2-3-7-13(12)17-11)19-15-9-5-4-8-14(15)18/h2-10,18H,1H3. The van der Waals surface area contributed by atoms with Gasteiger partial charge in [0.15, 0.2) is 0 Å². The van der Waals surface area contributed by atoms with E-state index in [2.05, 4.69) is 17.1 Å². The van der Waals surface area contributed by atoms with Crippen LogP contribution in [0.4, 0.5) is 0 Å². The van der Waals surface area contributed by atoms with Crippen LogP contribution in [-0.2, 0) is 0 Å². The van der Waals surface area contributed by atoms with Crippen LogP contribution in [-0.4, -0.2) is 10.1 Å². The van der Waals surface area contributed by atoms with Crippen molar-refractivity contribution in [1.29, 1.82) is 0 Å².